The smallest absolute Gasteiger partial charge is 0.0817 e. The van der Waals surface area contributed by atoms with Crippen LogP contribution in [0.2, 0.25) is 10.0 Å². The highest BCUT2D eigenvalue weighted by molar-refractivity contribution is 6.36. The molecule has 0 aliphatic rings. The van der Waals surface area contributed by atoms with Gasteiger partial charge < -0.3 is 0 Å². The molecular weight excluding hydrogens is 243 g/mol. The van der Waals surface area contributed by atoms with Gasteiger partial charge in [0.1, 0.15) is 0 Å². The van der Waals surface area contributed by atoms with Crippen LogP contribution in [0.3, 0.4) is 0 Å². The quantitative estimate of drug-likeness (QED) is 0.736. The summed E-state index contributed by atoms with van der Waals surface area (Å²) in [5, 5.41) is 1.13. The fraction of sp³-hybridized carbons (Fsp3) is 0. The van der Waals surface area contributed by atoms with Crippen LogP contribution in [0, 0.1) is 0 Å². The number of hydrogen-bond acceptors (Lipinski definition) is 2. The van der Waals surface area contributed by atoms with E-state index < -0.39 is 0 Å². The molecule has 0 atom stereocenters. The molecule has 0 aliphatic carbocycles. The molecule has 0 bridgehead atoms. The first kappa shape index (κ1) is 11.1. The van der Waals surface area contributed by atoms with E-state index in [9.17, 15) is 0 Å². The van der Waals surface area contributed by atoms with Crippen molar-refractivity contribution in [3.8, 4) is 0 Å². The second-order valence-electron chi connectivity index (χ2n) is 3.11. The number of benzene rings is 1. The van der Waals surface area contributed by atoms with Gasteiger partial charge in [-0.2, -0.15) is 0 Å². The van der Waals surface area contributed by atoms with Crippen molar-refractivity contribution in [1.82, 2.24) is 4.98 Å². The second-order valence-corrected chi connectivity index (χ2v) is 3.95. The van der Waals surface area contributed by atoms with Gasteiger partial charge in [-0.3, -0.25) is 9.98 Å². The minimum absolute atomic E-state index is 0.527. The van der Waals surface area contributed by atoms with Gasteiger partial charge in [0.25, 0.3) is 0 Å². The minimum Gasteiger partial charge on any atom is -0.255 e. The Labute approximate surface area is 104 Å². The lowest BCUT2D eigenvalue weighted by atomic mass is 10.3. The summed E-state index contributed by atoms with van der Waals surface area (Å²) in [5.74, 6) is 0. The Morgan fingerprint density at radius 2 is 2.00 bits per heavy atom. The predicted octanol–water partition coefficient (Wildman–Crippen LogP) is 4.14. The highest BCUT2D eigenvalue weighted by atomic mass is 35.5. The van der Waals surface area contributed by atoms with Crippen molar-refractivity contribution in [3.05, 3.63) is 58.3 Å². The maximum absolute atomic E-state index is 5.98. The molecule has 2 aromatic rings. The molecule has 0 saturated heterocycles. The lowest BCUT2D eigenvalue weighted by Crippen LogP contribution is -1.84. The van der Waals surface area contributed by atoms with E-state index in [1.165, 1.54) is 0 Å². The van der Waals surface area contributed by atoms with Crippen LogP contribution in [0.25, 0.3) is 0 Å². The number of halogens is 2. The summed E-state index contributed by atoms with van der Waals surface area (Å²) in [6.45, 7) is 0. The Bertz CT molecular complexity index is 510. The third-order valence-corrected chi connectivity index (χ3v) is 2.47. The van der Waals surface area contributed by atoms with E-state index in [1.54, 1.807) is 30.6 Å². The van der Waals surface area contributed by atoms with Gasteiger partial charge in [-0.25, -0.2) is 0 Å². The highest BCUT2D eigenvalue weighted by Gasteiger charge is 1.98. The molecule has 0 unspecified atom stereocenters. The summed E-state index contributed by atoms with van der Waals surface area (Å²) in [7, 11) is 0. The van der Waals surface area contributed by atoms with Crippen LogP contribution in [-0.2, 0) is 0 Å². The molecule has 0 saturated carbocycles. The molecule has 1 heterocycles. The van der Waals surface area contributed by atoms with Crippen molar-refractivity contribution < 1.29 is 0 Å². The fourth-order valence-electron chi connectivity index (χ4n) is 1.17. The van der Waals surface area contributed by atoms with Crippen molar-refractivity contribution in [3.63, 3.8) is 0 Å². The Morgan fingerprint density at radius 3 is 2.69 bits per heavy atom. The first-order valence-electron chi connectivity index (χ1n) is 4.66. The molecule has 0 fully saturated rings. The Hall–Kier alpha value is -1.38. The zero-order valence-corrected chi connectivity index (χ0v) is 9.78. The van der Waals surface area contributed by atoms with E-state index in [1.807, 2.05) is 18.2 Å². The normalized spacial score (nSPS) is 10.9. The molecule has 0 amide bonds. The SMILES string of the molecule is Clc1ccc(N=Cc2ccccn2)c(Cl)c1. The summed E-state index contributed by atoms with van der Waals surface area (Å²) < 4.78 is 0. The van der Waals surface area contributed by atoms with E-state index in [2.05, 4.69) is 9.98 Å². The van der Waals surface area contributed by atoms with Gasteiger partial charge in [0, 0.05) is 11.2 Å². The van der Waals surface area contributed by atoms with Crippen LogP contribution in [0.5, 0.6) is 0 Å². The molecule has 0 spiro atoms. The van der Waals surface area contributed by atoms with Crippen LogP contribution in [0.4, 0.5) is 5.69 Å². The number of nitrogens with zero attached hydrogens (tertiary/aromatic N) is 2. The van der Waals surface area contributed by atoms with Crippen molar-refractivity contribution in [2.75, 3.05) is 0 Å². The molecule has 80 valence electrons. The zero-order chi connectivity index (χ0) is 11.4. The topological polar surface area (TPSA) is 25.2 Å². The van der Waals surface area contributed by atoms with Crippen molar-refractivity contribution in [2.24, 2.45) is 4.99 Å². The highest BCUT2D eigenvalue weighted by Crippen LogP contribution is 2.27. The van der Waals surface area contributed by atoms with Gasteiger partial charge >= 0.3 is 0 Å². The first-order valence-corrected chi connectivity index (χ1v) is 5.41. The van der Waals surface area contributed by atoms with Crippen LogP contribution < -0.4 is 0 Å². The average Bonchev–Trinajstić information content (AvgIpc) is 2.29. The Morgan fingerprint density at radius 1 is 1.12 bits per heavy atom. The average molecular weight is 251 g/mol. The van der Waals surface area contributed by atoms with Crippen molar-refractivity contribution >= 4 is 35.1 Å². The standard InChI is InChI=1S/C12H8Cl2N2/c13-9-4-5-12(11(14)7-9)16-8-10-3-1-2-6-15-10/h1-8H. The number of aliphatic imine (C=N–C) groups is 1. The molecule has 16 heavy (non-hydrogen) atoms. The lowest BCUT2D eigenvalue weighted by molar-refractivity contribution is 1.30. The number of hydrogen-bond donors (Lipinski definition) is 0. The molecular formula is C12H8Cl2N2. The maximum Gasteiger partial charge on any atom is 0.0817 e. The fourth-order valence-corrected chi connectivity index (χ4v) is 1.63. The Balaban J connectivity index is 2.24. The molecule has 2 nitrogen and oxygen atoms in total. The van der Waals surface area contributed by atoms with Gasteiger partial charge in [0.15, 0.2) is 0 Å². The second kappa shape index (κ2) is 5.10. The van der Waals surface area contributed by atoms with E-state index in [0.717, 1.165) is 5.69 Å². The zero-order valence-electron chi connectivity index (χ0n) is 8.27. The van der Waals surface area contributed by atoms with E-state index in [0.29, 0.717) is 15.7 Å². The van der Waals surface area contributed by atoms with Crippen LogP contribution >= 0.6 is 23.2 Å². The van der Waals surface area contributed by atoms with Crippen molar-refractivity contribution in [2.45, 2.75) is 0 Å². The largest absolute Gasteiger partial charge is 0.255 e. The lowest BCUT2D eigenvalue weighted by Gasteiger charge is -1.97. The summed E-state index contributed by atoms with van der Waals surface area (Å²) in [5.41, 5.74) is 1.46. The van der Waals surface area contributed by atoms with Gasteiger partial charge in [-0.05, 0) is 30.3 Å². The third-order valence-electron chi connectivity index (χ3n) is 1.93. The molecule has 2 rings (SSSR count). The van der Waals surface area contributed by atoms with E-state index in [-0.39, 0.29) is 0 Å². The molecule has 1 aromatic heterocycles. The summed E-state index contributed by atoms with van der Waals surface area (Å²) in [6, 6.07) is 10.8. The summed E-state index contributed by atoms with van der Waals surface area (Å²) >= 11 is 11.8. The maximum atomic E-state index is 5.98. The first-order chi connectivity index (χ1) is 7.75. The van der Waals surface area contributed by atoms with Crippen LogP contribution in [0.1, 0.15) is 5.69 Å². The van der Waals surface area contributed by atoms with Crippen LogP contribution in [-0.4, -0.2) is 11.2 Å². The number of pyridine rings is 1. The molecule has 0 N–H and O–H groups in total. The number of aromatic nitrogens is 1. The monoisotopic (exact) mass is 250 g/mol. The Kier molecular flexibility index (Phi) is 3.54. The summed E-state index contributed by atoms with van der Waals surface area (Å²) in [4.78, 5) is 8.36. The van der Waals surface area contributed by atoms with Gasteiger partial charge in [-0.1, -0.05) is 29.3 Å². The molecule has 4 heteroatoms. The minimum atomic E-state index is 0.527. The van der Waals surface area contributed by atoms with Crippen molar-refractivity contribution in [1.29, 1.82) is 0 Å². The number of rotatable bonds is 2. The van der Waals surface area contributed by atoms with E-state index >= 15 is 0 Å². The summed E-state index contributed by atoms with van der Waals surface area (Å²) in [6.07, 6.45) is 3.37. The molecule has 0 aliphatic heterocycles. The van der Waals surface area contributed by atoms with Gasteiger partial charge in [0.2, 0.25) is 0 Å². The molecule has 1 aromatic carbocycles. The predicted molar refractivity (Wildman–Crippen MR) is 68.0 cm³/mol. The van der Waals surface area contributed by atoms with E-state index in [4.69, 9.17) is 23.2 Å². The van der Waals surface area contributed by atoms with Gasteiger partial charge in [0.05, 0.1) is 22.6 Å². The molecule has 0 radical (unpaired) electrons. The van der Waals surface area contributed by atoms with Crippen LogP contribution in [0.15, 0.2) is 47.6 Å². The van der Waals surface area contributed by atoms with Gasteiger partial charge in [-0.15, -0.1) is 0 Å². The third kappa shape index (κ3) is 2.81.